The van der Waals surface area contributed by atoms with Crippen molar-refractivity contribution in [1.82, 2.24) is 0 Å². The minimum Gasteiger partial charge on any atom is -0.457 e. The summed E-state index contributed by atoms with van der Waals surface area (Å²) in [6.45, 7) is 5.18. The number of hydrogen-bond donors (Lipinski definition) is 1. The third-order valence-corrected chi connectivity index (χ3v) is 8.23. The van der Waals surface area contributed by atoms with Gasteiger partial charge in [-0.05, 0) is 70.6 Å². The van der Waals surface area contributed by atoms with Gasteiger partial charge >= 0.3 is 5.97 Å². The third-order valence-electron chi connectivity index (χ3n) is 8.23. The Morgan fingerprint density at radius 3 is 1.37 bits per heavy atom. The van der Waals surface area contributed by atoms with Gasteiger partial charge in [0.05, 0.1) is 13.2 Å². The molecule has 0 heterocycles. The van der Waals surface area contributed by atoms with Gasteiger partial charge < -0.3 is 14.6 Å². The first-order valence-electron chi connectivity index (χ1n) is 20.2. The topological polar surface area (TPSA) is 55.8 Å². The number of rotatable bonds is 36. The van der Waals surface area contributed by atoms with E-state index in [0.717, 1.165) is 77.0 Å². The van der Waals surface area contributed by atoms with Gasteiger partial charge in [0.25, 0.3) is 0 Å². The molecule has 0 rings (SSSR count). The molecule has 0 saturated heterocycles. The van der Waals surface area contributed by atoms with Gasteiger partial charge in [0.1, 0.15) is 6.10 Å². The lowest BCUT2D eigenvalue weighted by atomic mass is 10.1. The predicted molar refractivity (Wildman–Crippen MR) is 214 cm³/mol. The molecule has 0 aromatic carbocycles. The molecule has 49 heavy (non-hydrogen) atoms. The van der Waals surface area contributed by atoms with Crippen molar-refractivity contribution >= 4 is 5.97 Å². The van der Waals surface area contributed by atoms with Crippen molar-refractivity contribution in [3.63, 3.8) is 0 Å². The summed E-state index contributed by atoms with van der Waals surface area (Å²) in [5.41, 5.74) is 0. The Hall–Kier alpha value is -2.43. The van der Waals surface area contributed by atoms with Crippen LogP contribution in [0.4, 0.5) is 0 Å². The molecular formula is C45H76O4. The maximum Gasteiger partial charge on any atom is 0.306 e. The van der Waals surface area contributed by atoms with Crippen LogP contribution in [0.3, 0.4) is 0 Å². The predicted octanol–water partition coefficient (Wildman–Crippen LogP) is 13.2. The summed E-state index contributed by atoms with van der Waals surface area (Å²) in [6.07, 6.45) is 57.7. The number of hydrogen-bond acceptors (Lipinski definition) is 4. The van der Waals surface area contributed by atoms with Gasteiger partial charge in [-0.15, -0.1) is 0 Å². The van der Waals surface area contributed by atoms with Crippen LogP contribution in [0.15, 0.2) is 85.1 Å². The summed E-state index contributed by atoms with van der Waals surface area (Å²) in [5.74, 6) is -0.235. The normalized spacial score (nSPS) is 13.3. The first-order chi connectivity index (χ1) is 24.2. The molecule has 0 amide bonds. The standard InChI is InChI=1S/C45H76O4/c1-3-5-7-9-11-13-15-17-18-19-20-21-22-23-24-25-26-27-28-29-30-32-34-36-38-40-45(47)49-44(42-46)43-48-41-39-37-35-33-31-16-14-12-10-8-6-4-2/h5,7,11,13,17-18,20-21,23-24,26-27,29-30,44,46H,3-4,6,8-10,12,14-16,19,22,25,28,31-43H2,1-2H3/b7-5-,13-11-,18-17-,21-20-,24-23-,27-26-,30-29-. The Balaban J connectivity index is 3.60. The van der Waals surface area contributed by atoms with Gasteiger partial charge in [-0.2, -0.15) is 0 Å². The van der Waals surface area contributed by atoms with Crippen molar-refractivity contribution in [2.75, 3.05) is 19.8 Å². The maximum atomic E-state index is 12.2. The maximum absolute atomic E-state index is 12.2. The van der Waals surface area contributed by atoms with Gasteiger partial charge in [-0.25, -0.2) is 0 Å². The Kier molecular flexibility index (Phi) is 39.7. The minimum atomic E-state index is -0.554. The largest absolute Gasteiger partial charge is 0.457 e. The lowest BCUT2D eigenvalue weighted by molar-refractivity contribution is -0.154. The second kappa shape index (κ2) is 41.7. The molecule has 4 heteroatoms. The van der Waals surface area contributed by atoms with Crippen LogP contribution in [0.5, 0.6) is 0 Å². The highest BCUT2D eigenvalue weighted by Gasteiger charge is 2.13. The lowest BCUT2D eigenvalue weighted by Crippen LogP contribution is -2.27. The summed E-state index contributed by atoms with van der Waals surface area (Å²) in [4.78, 5) is 12.2. The SMILES string of the molecule is CC/C=C\C/C=C\C/C=C\C/C=C\C/C=C\C/C=C\C/C=C\CCCCCC(=O)OC(CO)COCCCCCCCCCCCCCC. The van der Waals surface area contributed by atoms with Crippen LogP contribution in [0.1, 0.15) is 168 Å². The molecule has 0 aromatic heterocycles. The van der Waals surface area contributed by atoms with Gasteiger partial charge in [0.2, 0.25) is 0 Å². The van der Waals surface area contributed by atoms with E-state index in [2.05, 4.69) is 98.9 Å². The first-order valence-corrected chi connectivity index (χ1v) is 20.2. The quantitative estimate of drug-likeness (QED) is 0.0406. The Labute approximate surface area is 303 Å². The number of unbranched alkanes of at least 4 members (excludes halogenated alkanes) is 14. The van der Waals surface area contributed by atoms with Gasteiger partial charge in [0.15, 0.2) is 0 Å². The molecule has 1 N–H and O–H groups in total. The number of allylic oxidation sites excluding steroid dienone is 14. The zero-order valence-corrected chi connectivity index (χ0v) is 31.9. The molecule has 0 aliphatic heterocycles. The van der Waals surface area contributed by atoms with Gasteiger partial charge in [0, 0.05) is 13.0 Å². The molecule has 0 aromatic rings. The van der Waals surface area contributed by atoms with E-state index < -0.39 is 6.10 Å². The van der Waals surface area contributed by atoms with E-state index in [-0.39, 0.29) is 19.2 Å². The molecule has 0 bridgehead atoms. The Bertz CT molecular complexity index is 892. The molecule has 1 atom stereocenters. The number of esters is 1. The number of aliphatic hydroxyl groups excluding tert-OH is 1. The van der Waals surface area contributed by atoms with Crippen molar-refractivity contribution in [3.8, 4) is 0 Å². The lowest BCUT2D eigenvalue weighted by Gasteiger charge is -2.15. The summed E-state index contributed by atoms with van der Waals surface area (Å²) in [7, 11) is 0. The molecule has 0 aliphatic carbocycles. The molecule has 1 unspecified atom stereocenters. The van der Waals surface area contributed by atoms with Gasteiger partial charge in [-0.3, -0.25) is 4.79 Å². The second-order valence-electron chi connectivity index (χ2n) is 13.0. The fraction of sp³-hybridized carbons (Fsp3) is 0.667. The average molecular weight is 681 g/mol. The molecule has 0 radical (unpaired) electrons. The summed E-state index contributed by atoms with van der Waals surface area (Å²) >= 11 is 0. The highest BCUT2D eigenvalue weighted by Crippen LogP contribution is 2.12. The van der Waals surface area contributed by atoms with Crippen LogP contribution in [-0.2, 0) is 14.3 Å². The molecule has 4 nitrogen and oxygen atoms in total. The smallest absolute Gasteiger partial charge is 0.306 e. The van der Waals surface area contributed by atoms with E-state index in [4.69, 9.17) is 9.47 Å². The van der Waals surface area contributed by atoms with Crippen molar-refractivity contribution in [2.24, 2.45) is 0 Å². The van der Waals surface area contributed by atoms with Crippen molar-refractivity contribution < 1.29 is 19.4 Å². The van der Waals surface area contributed by atoms with E-state index in [1.165, 1.54) is 70.6 Å². The fourth-order valence-corrected chi connectivity index (χ4v) is 5.25. The summed E-state index contributed by atoms with van der Waals surface area (Å²) < 4.78 is 11.1. The van der Waals surface area contributed by atoms with E-state index in [0.29, 0.717) is 13.0 Å². The van der Waals surface area contributed by atoms with E-state index in [9.17, 15) is 9.90 Å². The monoisotopic (exact) mass is 681 g/mol. The Morgan fingerprint density at radius 1 is 0.510 bits per heavy atom. The number of carbonyl (C=O) groups is 1. The van der Waals surface area contributed by atoms with Crippen LogP contribution < -0.4 is 0 Å². The number of ether oxygens (including phenoxy) is 2. The molecule has 0 fully saturated rings. The second-order valence-corrected chi connectivity index (χ2v) is 13.0. The van der Waals surface area contributed by atoms with Crippen LogP contribution in [0.25, 0.3) is 0 Å². The zero-order chi connectivity index (χ0) is 35.6. The van der Waals surface area contributed by atoms with Crippen molar-refractivity contribution in [3.05, 3.63) is 85.1 Å². The van der Waals surface area contributed by atoms with Crippen molar-refractivity contribution in [1.29, 1.82) is 0 Å². The minimum absolute atomic E-state index is 0.189. The Morgan fingerprint density at radius 2 is 0.918 bits per heavy atom. The number of carbonyl (C=O) groups excluding carboxylic acids is 1. The van der Waals surface area contributed by atoms with Crippen molar-refractivity contribution in [2.45, 2.75) is 174 Å². The van der Waals surface area contributed by atoms with E-state index in [1.807, 2.05) is 0 Å². The summed E-state index contributed by atoms with van der Waals surface area (Å²) in [5, 5.41) is 9.57. The van der Waals surface area contributed by atoms with Gasteiger partial charge in [-0.1, -0.05) is 176 Å². The summed E-state index contributed by atoms with van der Waals surface area (Å²) in [6, 6.07) is 0. The fourth-order valence-electron chi connectivity index (χ4n) is 5.25. The van der Waals surface area contributed by atoms with Crippen LogP contribution >= 0.6 is 0 Å². The zero-order valence-electron chi connectivity index (χ0n) is 31.9. The van der Waals surface area contributed by atoms with E-state index >= 15 is 0 Å². The number of aliphatic hydroxyl groups is 1. The average Bonchev–Trinajstić information content (AvgIpc) is 3.11. The molecule has 0 aliphatic rings. The van der Waals surface area contributed by atoms with Crippen LogP contribution in [-0.4, -0.2) is 37.0 Å². The molecule has 0 spiro atoms. The highest BCUT2D eigenvalue weighted by atomic mass is 16.6. The third kappa shape index (κ3) is 39.9. The first kappa shape index (κ1) is 46.6. The molecule has 0 saturated carbocycles. The van der Waals surface area contributed by atoms with E-state index in [1.54, 1.807) is 0 Å². The van der Waals surface area contributed by atoms with Crippen LogP contribution in [0, 0.1) is 0 Å². The van der Waals surface area contributed by atoms with Crippen LogP contribution in [0.2, 0.25) is 0 Å². The highest BCUT2D eigenvalue weighted by molar-refractivity contribution is 5.69. The molecule has 280 valence electrons. The molecular weight excluding hydrogens is 604 g/mol.